The first-order valence-electron chi connectivity index (χ1n) is 11.0. The van der Waals surface area contributed by atoms with E-state index in [0.29, 0.717) is 5.56 Å². The number of halogens is 1. The van der Waals surface area contributed by atoms with Gasteiger partial charge in [-0.2, -0.15) is 0 Å². The van der Waals surface area contributed by atoms with Crippen LogP contribution in [0, 0.1) is 5.82 Å². The molecule has 1 unspecified atom stereocenters. The summed E-state index contributed by atoms with van der Waals surface area (Å²) in [6.07, 6.45) is 2.82. The SMILES string of the molecule is CCN(C)Cc1ccc2c(c1)CCC(NC(=O)c1ccc(-c3ccc(F)cc3)cc1)C2. The minimum Gasteiger partial charge on any atom is -0.349 e. The zero-order valence-corrected chi connectivity index (χ0v) is 18.2. The summed E-state index contributed by atoms with van der Waals surface area (Å²) in [5, 5.41) is 3.20. The van der Waals surface area contributed by atoms with Crippen LogP contribution in [0.1, 0.15) is 40.4 Å². The fourth-order valence-corrected chi connectivity index (χ4v) is 4.18. The van der Waals surface area contributed by atoms with Crippen LogP contribution in [0.5, 0.6) is 0 Å². The molecule has 0 aromatic heterocycles. The van der Waals surface area contributed by atoms with Crippen molar-refractivity contribution in [1.29, 1.82) is 0 Å². The van der Waals surface area contributed by atoms with Crippen LogP contribution >= 0.6 is 0 Å². The lowest BCUT2D eigenvalue weighted by atomic mass is 9.87. The van der Waals surface area contributed by atoms with Gasteiger partial charge in [0.25, 0.3) is 5.91 Å². The first-order chi connectivity index (χ1) is 15.0. The van der Waals surface area contributed by atoms with Crippen molar-refractivity contribution >= 4 is 5.91 Å². The highest BCUT2D eigenvalue weighted by molar-refractivity contribution is 5.94. The van der Waals surface area contributed by atoms with Crippen LogP contribution in [-0.4, -0.2) is 30.4 Å². The molecule has 0 fully saturated rings. The maximum Gasteiger partial charge on any atom is 0.251 e. The van der Waals surface area contributed by atoms with E-state index in [9.17, 15) is 9.18 Å². The van der Waals surface area contributed by atoms with E-state index in [1.165, 1.54) is 28.8 Å². The molecule has 160 valence electrons. The summed E-state index contributed by atoms with van der Waals surface area (Å²) in [6, 6.07) is 20.8. The monoisotopic (exact) mass is 416 g/mol. The van der Waals surface area contributed by atoms with Crippen LogP contribution in [0.15, 0.2) is 66.7 Å². The number of amides is 1. The molecule has 0 saturated heterocycles. The number of nitrogens with zero attached hydrogens (tertiary/aromatic N) is 1. The Morgan fingerprint density at radius 1 is 1.00 bits per heavy atom. The van der Waals surface area contributed by atoms with Crippen molar-refractivity contribution < 1.29 is 9.18 Å². The number of benzene rings is 3. The highest BCUT2D eigenvalue weighted by Gasteiger charge is 2.21. The molecule has 0 heterocycles. The summed E-state index contributed by atoms with van der Waals surface area (Å²) in [5.41, 5.74) is 6.65. The van der Waals surface area contributed by atoms with Crippen molar-refractivity contribution in [2.75, 3.05) is 13.6 Å². The lowest BCUT2D eigenvalue weighted by molar-refractivity contribution is 0.0933. The van der Waals surface area contributed by atoms with Crippen molar-refractivity contribution in [2.24, 2.45) is 0 Å². The number of carbonyl (C=O) groups is 1. The van der Waals surface area contributed by atoms with Gasteiger partial charge in [0.05, 0.1) is 0 Å². The van der Waals surface area contributed by atoms with E-state index < -0.39 is 0 Å². The van der Waals surface area contributed by atoms with Gasteiger partial charge in [0.15, 0.2) is 0 Å². The Hall–Kier alpha value is -2.98. The Morgan fingerprint density at radius 3 is 2.35 bits per heavy atom. The van der Waals surface area contributed by atoms with Gasteiger partial charge in [-0.1, -0.05) is 49.4 Å². The van der Waals surface area contributed by atoms with Gasteiger partial charge in [0, 0.05) is 18.2 Å². The molecule has 3 aromatic rings. The lowest BCUT2D eigenvalue weighted by Crippen LogP contribution is -2.38. The fourth-order valence-electron chi connectivity index (χ4n) is 4.18. The van der Waals surface area contributed by atoms with Gasteiger partial charge in [0.1, 0.15) is 5.82 Å². The molecule has 0 radical (unpaired) electrons. The molecular weight excluding hydrogens is 387 g/mol. The number of hydrogen-bond donors (Lipinski definition) is 1. The van der Waals surface area contributed by atoms with Gasteiger partial charge in [0.2, 0.25) is 0 Å². The topological polar surface area (TPSA) is 32.3 Å². The fraction of sp³-hybridized carbons (Fsp3) is 0.296. The van der Waals surface area contributed by atoms with Crippen molar-refractivity contribution in [3.05, 3.63) is 94.8 Å². The lowest BCUT2D eigenvalue weighted by Gasteiger charge is -2.26. The van der Waals surface area contributed by atoms with Gasteiger partial charge < -0.3 is 10.2 Å². The summed E-state index contributed by atoms with van der Waals surface area (Å²) in [4.78, 5) is 15.1. The minimum absolute atomic E-state index is 0.0414. The molecule has 1 atom stereocenters. The Morgan fingerprint density at radius 2 is 1.68 bits per heavy atom. The second kappa shape index (κ2) is 9.44. The normalized spacial score (nSPS) is 15.5. The standard InChI is InChI=1S/C27H29FN2O/c1-3-30(2)18-19-4-5-24-17-26(15-12-23(24)16-19)29-27(31)22-8-6-20(7-9-22)21-10-13-25(28)14-11-21/h4-11,13-14,16,26H,3,12,15,17-18H2,1-2H3,(H,29,31). The molecule has 4 heteroatoms. The van der Waals surface area contributed by atoms with Gasteiger partial charge in [-0.25, -0.2) is 4.39 Å². The number of fused-ring (bicyclic) bond motifs is 1. The molecule has 0 aliphatic heterocycles. The average molecular weight is 417 g/mol. The molecule has 1 amide bonds. The van der Waals surface area contributed by atoms with E-state index in [2.05, 4.69) is 42.4 Å². The molecule has 3 aromatic carbocycles. The Bertz CT molecular complexity index is 1040. The van der Waals surface area contributed by atoms with Crippen LogP contribution in [-0.2, 0) is 19.4 Å². The van der Waals surface area contributed by atoms with Crippen LogP contribution in [0.2, 0.25) is 0 Å². The molecule has 3 nitrogen and oxygen atoms in total. The van der Waals surface area contributed by atoms with Gasteiger partial charge in [-0.05, 0) is 84.9 Å². The molecule has 1 aliphatic carbocycles. The minimum atomic E-state index is -0.252. The first kappa shape index (κ1) is 21.3. The second-order valence-corrected chi connectivity index (χ2v) is 8.43. The zero-order valence-electron chi connectivity index (χ0n) is 18.2. The third kappa shape index (κ3) is 5.20. The molecule has 1 N–H and O–H groups in total. The summed E-state index contributed by atoms with van der Waals surface area (Å²) in [5.74, 6) is -0.293. The highest BCUT2D eigenvalue weighted by Crippen LogP contribution is 2.24. The maximum atomic E-state index is 13.1. The maximum absolute atomic E-state index is 13.1. The molecule has 0 saturated carbocycles. The molecule has 1 aliphatic rings. The quantitative estimate of drug-likeness (QED) is 0.597. The van der Waals surface area contributed by atoms with Crippen molar-refractivity contribution in [2.45, 2.75) is 38.8 Å². The first-order valence-corrected chi connectivity index (χ1v) is 11.0. The van der Waals surface area contributed by atoms with Crippen LogP contribution in [0.4, 0.5) is 4.39 Å². The number of aryl methyl sites for hydroxylation is 1. The van der Waals surface area contributed by atoms with Crippen LogP contribution in [0.3, 0.4) is 0 Å². The van der Waals surface area contributed by atoms with E-state index in [0.717, 1.165) is 43.5 Å². The smallest absolute Gasteiger partial charge is 0.251 e. The Kier molecular flexibility index (Phi) is 6.47. The Labute approximate surface area is 183 Å². The zero-order chi connectivity index (χ0) is 21.8. The Balaban J connectivity index is 1.38. The van der Waals surface area contributed by atoms with E-state index in [1.807, 2.05) is 24.3 Å². The molecule has 0 bridgehead atoms. The van der Waals surface area contributed by atoms with Gasteiger partial charge in [-0.3, -0.25) is 4.79 Å². The molecular formula is C27H29FN2O. The number of hydrogen-bond acceptors (Lipinski definition) is 2. The average Bonchev–Trinajstić information content (AvgIpc) is 2.79. The van der Waals surface area contributed by atoms with Gasteiger partial charge in [-0.15, -0.1) is 0 Å². The third-order valence-electron chi connectivity index (χ3n) is 6.15. The van der Waals surface area contributed by atoms with Crippen molar-refractivity contribution in [3.63, 3.8) is 0 Å². The van der Waals surface area contributed by atoms with Crippen LogP contribution in [0.25, 0.3) is 11.1 Å². The second-order valence-electron chi connectivity index (χ2n) is 8.43. The van der Waals surface area contributed by atoms with E-state index in [-0.39, 0.29) is 17.8 Å². The molecule has 4 rings (SSSR count). The van der Waals surface area contributed by atoms with Crippen molar-refractivity contribution in [1.82, 2.24) is 10.2 Å². The summed E-state index contributed by atoms with van der Waals surface area (Å²) < 4.78 is 13.1. The van der Waals surface area contributed by atoms with E-state index in [1.54, 1.807) is 12.1 Å². The van der Waals surface area contributed by atoms with E-state index >= 15 is 0 Å². The number of carbonyl (C=O) groups excluding carboxylic acids is 1. The number of nitrogens with one attached hydrogen (secondary N) is 1. The van der Waals surface area contributed by atoms with Crippen molar-refractivity contribution in [3.8, 4) is 11.1 Å². The summed E-state index contributed by atoms with van der Waals surface area (Å²) >= 11 is 0. The predicted octanol–water partition coefficient (Wildman–Crippen LogP) is 5.23. The largest absolute Gasteiger partial charge is 0.349 e. The van der Waals surface area contributed by atoms with Crippen LogP contribution < -0.4 is 5.32 Å². The van der Waals surface area contributed by atoms with Gasteiger partial charge >= 0.3 is 0 Å². The summed E-state index contributed by atoms with van der Waals surface area (Å²) in [6.45, 7) is 4.18. The predicted molar refractivity (Wildman–Crippen MR) is 124 cm³/mol. The third-order valence-corrected chi connectivity index (χ3v) is 6.15. The highest BCUT2D eigenvalue weighted by atomic mass is 19.1. The number of rotatable bonds is 6. The molecule has 0 spiro atoms. The molecule has 31 heavy (non-hydrogen) atoms. The summed E-state index contributed by atoms with van der Waals surface area (Å²) in [7, 11) is 2.14. The van der Waals surface area contributed by atoms with E-state index in [4.69, 9.17) is 0 Å².